The number of aldehydes is 1. The summed E-state index contributed by atoms with van der Waals surface area (Å²) in [4.78, 5) is 10.8. The molecule has 0 spiro atoms. The quantitative estimate of drug-likeness (QED) is 0.460. The average molecular weight is 188 g/mol. The molecule has 0 fully saturated rings. The molecular formula is C9H20O2Si. The zero-order chi connectivity index (χ0) is 9.61. The highest BCUT2D eigenvalue weighted by molar-refractivity contribution is 5.99. The standard InChI is InChI=1S/C9H20O2Si/c1-4-5-6-8(2)9(3,7-10)11-12/h7-8H,4-6H2,1-3,12H3. The highest BCUT2D eigenvalue weighted by Gasteiger charge is 2.28. The molecule has 0 aromatic carbocycles. The molecule has 0 N–H and O–H groups in total. The molecular weight excluding hydrogens is 168 g/mol. The van der Waals surface area contributed by atoms with Crippen molar-refractivity contribution in [2.75, 3.05) is 0 Å². The van der Waals surface area contributed by atoms with Crippen LogP contribution in [0.25, 0.3) is 0 Å². The number of hydrogen-bond acceptors (Lipinski definition) is 2. The predicted octanol–water partition coefficient (Wildman–Crippen LogP) is 1.07. The zero-order valence-corrected chi connectivity index (χ0v) is 10.6. The monoisotopic (exact) mass is 188 g/mol. The summed E-state index contributed by atoms with van der Waals surface area (Å²) in [6.07, 6.45) is 4.38. The van der Waals surface area contributed by atoms with Crippen LogP contribution in [-0.4, -0.2) is 22.4 Å². The molecule has 0 aliphatic rings. The molecule has 0 aliphatic heterocycles. The van der Waals surface area contributed by atoms with E-state index >= 15 is 0 Å². The van der Waals surface area contributed by atoms with Crippen molar-refractivity contribution in [3.63, 3.8) is 0 Å². The van der Waals surface area contributed by atoms with Crippen LogP contribution >= 0.6 is 0 Å². The Morgan fingerprint density at radius 3 is 2.58 bits per heavy atom. The van der Waals surface area contributed by atoms with Crippen LogP contribution in [0, 0.1) is 5.92 Å². The number of unbranched alkanes of at least 4 members (excludes halogenated alkanes) is 1. The van der Waals surface area contributed by atoms with Crippen molar-refractivity contribution in [3.05, 3.63) is 0 Å². The summed E-state index contributed by atoms with van der Waals surface area (Å²) in [5.74, 6) is 0.340. The van der Waals surface area contributed by atoms with Crippen molar-refractivity contribution in [1.82, 2.24) is 0 Å². The van der Waals surface area contributed by atoms with Crippen LogP contribution in [0.3, 0.4) is 0 Å². The summed E-state index contributed by atoms with van der Waals surface area (Å²) in [5.41, 5.74) is -0.526. The van der Waals surface area contributed by atoms with Gasteiger partial charge < -0.3 is 9.22 Å². The minimum Gasteiger partial charge on any atom is -0.416 e. The van der Waals surface area contributed by atoms with E-state index in [-0.39, 0.29) is 0 Å². The molecule has 12 heavy (non-hydrogen) atoms. The van der Waals surface area contributed by atoms with Crippen molar-refractivity contribution in [2.24, 2.45) is 5.92 Å². The first-order chi connectivity index (χ1) is 5.60. The Balaban J connectivity index is 4.02. The van der Waals surface area contributed by atoms with E-state index in [0.29, 0.717) is 16.4 Å². The van der Waals surface area contributed by atoms with Crippen molar-refractivity contribution in [2.45, 2.75) is 45.6 Å². The van der Waals surface area contributed by atoms with Gasteiger partial charge in [0.2, 0.25) is 0 Å². The molecule has 2 atom stereocenters. The molecule has 0 heterocycles. The fraction of sp³-hybridized carbons (Fsp3) is 0.889. The van der Waals surface area contributed by atoms with Gasteiger partial charge in [0.25, 0.3) is 0 Å². The first kappa shape index (κ1) is 11.8. The zero-order valence-electron chi connectivity index (χ0n) is 8.59. The molecule has 72 valence electrons. The summed E-state index contributed by atoms with van der Waals surface area (Å²) in [6, 6.07) is 0. The lowest BCUT2D eigenvalue weighted by atomic mass is 9.88. The van der Waals surface area contributed by atoms with E-state index in [0.717, 1.165) is 12.7 Å². The van der Waals surface area contributed by atoms with Crippen LogP contribution < -0.4 is 0 Å². The molecule has 0 aliphatic carbocycles. The topological polar surface area (TPSA) is 26.3 Å². The highest BCUT2D eigenvalue weighted by atomic mass is 28.2. The van der Waals surface area contributed by atoms with Gasteiger partial charge >= 0.3 is 0 Å². The van der Waals surface area contributed by atoms with Gasteiger partial charge in [0, 0.05) is 0 Å². The summed E-state index contributed by atoms with van der Waals surface area (Å²) in [6.45, 7) is 6.13. The summed E-state index contributed by atoms with van der Waals surface area (Å²) < 4.78 is 5.32. The maximum atomic E-state index is 10.8. The molecule has 0 radical (unpaired) electrons. The Morgan fingerprint density at radius 2 is 2.25 bits per heavy atom. The lowest BCUT2D eigenvalue weighted by molar-refractivity contribution is -0.123. The molecule has 0 saturated heterocycles. The Hall–Kier alpha value is -0.153. The molecule has 0 aromatic rings. The largest absolute Gasteiger partial charge is 0.416 e. The third-order valence-corrected chi connectivity index (χ3v) is 3.52. The molecule has 0 bridgehead atoms. The molecule has 0 aromatic heterocycles. The minimum atomic E-state index is -0.526. The third-order valence-electron chi connectivity index (χ3n) is 2.64. The minimum absolute atomic E-state index is 0.340. The molecule has 0 amide bonds. The Kier molecular flexibility index (Phi) is 5.42. The van der Waals surface area contributed by atoms with E-state index in [2.05, 4.69) is 13.8 Å². The number of carbonyl (C=O) groups is 1. The fourth-order valence-corrected chi connectivity index (χ4v) is 1.66. The highest BCUT2D eigenvalue weighted by Crippen LogP contribution is 2.23. The van der Waals surface area contributed by atoms with Crippen LogP contribution in [0.4, 0.5) is 0 Å². The van der Waals surface area contributed by atoms with Gasteiger partial charge in [-0.1, -0.05) is 26.7 Å². The normalized spacial score (nSPS) is 18.6. The van der Waals surface area contributed by atoms with Gasteiger partial charge in [-0.05, 0) is 19.3 Å². The Labute approximate surface area is 78.2 Å². The molecule has 0 saturated carbocycles. The molecule has 2 unspecified atom stereocenters. The van der Waals surface area contributed by atoms with E-state index in [9.17, 15) is 4.79 Å². The average Bonchev–Trinajstić information content (AvgIpc) is 2.12. The van der Waals surface area contributed by atoms with Gasteiger partial charge in [0.1, 0.15) is 16.1 Å². The van der Waals surface area contributed by atoms with E-state index in [1.807, 2.05) is 6.92 Å². The van der Waals surface area contributed by atoms with Crippen molar-refractivity contribution >= 4 is 16.8 Å². The van der Waals surface area contributed by atoms with Gasteiger partial charge in [0.15, 0.2) is 6.29 Å². The van der Waals surface area contributed by atoms with E-state index in [1.165, 1.54) is 12.8 Å². The van der Waals surface area contributed by atoms with E-state index in [1.54, 1.807) is 0 Å². The SMILES string of the molecule is CCCCC(C)C(C)(C=O)O[SiH3]. The second-order valence-electron chi connectivity index (χ2n) is 3.55. The van der Waals surface area contributed by atoms with Crippen molar-refractivity contribution in [1.29, 1.82) is 0 Å². The maximum absolute atomic E-state index is 10.8. The Morgan fingerprint density at radius 1 is 1.67 bits per heavy atom. The van der Waals surface area contributed by atoms with Gasteiger partial charge in [-0.15, -0.1) is 0 Å². The summed E-state index contributed by atoms with van der Waals surface area (Å²) >= 11 is 0. The smallest absolute Gasteiger partial charge is 0.150 e. The molecule has 2 nitrogen and oxygen atoms in total. The van der Waals surface area contributed by atoms with Crippen LogP contribution in [0.2, 0.25) is 0 Å². The van der Waals surface area contributed by atoms with Crippen LogP contribution in [0.15, 0.2) is 0 Å². The van der Waals surface area contributed by atoms with Crippen LogP contribution in [0.1, 0.15) is 40.0 Å². The fourth-order valence-electron chi connectivity index (χ4n) is 1.16. The second kappa shape index (κ2) is 5.49. The van der Waals surface area contributed by atoms with Gasteiger partial charge in [-0.3, -0.25) is 0 Å². The first-order valence-electron chi connectivity index (χ1n) is 4.62. The van der Waals surface area contributed by atoms with Gasteiger partial charge in [0.05, 0.1) is 0 Å². The molecule has 3 heteroatoms. The number of rotatable bonds is 6. The Bertz CT molecular complexity index is 138. The van der Waals surface area contributed by atoms with E-state index in [4.69, 9.17) is 4.43 Å². The lowest BCUT2D eigenvalue weighted by Crippen LogP contribution is -2.37. The third kappa shape index (κ3) is 3.07. The number of carbonyl (C=O) groups excluding carboxylic acids is 1. The summed E-state index contributed by atoms with van der Waals surface area (Å²) in [5, 5.41) is 0. The van der Waals surface area contributed by atoms with Gasteiger partial charge in [-0.2, -0.15) is 0 Å². The summed E-state index contributed by atoms with van der Waals surface area (Å²) in [7, 11) is 0.632. The van der Waals surface area contributed by atoms with Gasteiger partial charge in [-0.25, -0.2) is 0 Å². The molecule has 0 rings (SSSR count). The van der Waals surface area contributed by atoms with E-state index < -0.39 is 5.60 Å². The lowest BCUT2D eigenvalue weighted by Gasteiger charge is -2.29. The number of hydrogen-bond donors (Lipinski definition) is 0. The first-order valence-corrected chi connectivity index (χ1v) is 5.43. The maximum Gasteiger partial charge on any atom is 0.150 e. The van der Waals surface area contributed by atoms with Crippen molar-refractivity contribution < 1.29 is 9.22 Å². The van der Waals surface area contributed by atoms with Crippen LogP contribution in [-0.2, 0) is 9.22 Å². The predicted molar refractivity (Wildman–Crippen MR) is 54.2 cm³/mol. The van der Waals surface area contributed by atoms with Crippen molar-refractivity contribution in [3.8, 4) is 0 Å². The van der Waals surface area contributed by atoms with Crippen LogP contribution in [0.5, 0.6) is 0 Å². The second-order valence-corrected chi connectivity index (χ2v) is 3.96.